The van der Waals surface area contributed by atoms with E-state index in [1.54, 1.807) is 12.3 Å². The summed E-state index contributed by atoms with van der Waals surface area (Å²) < 4.78 is 14.0. The van der Waals surface area contributed by atoms with Crippen LogP contribution in [-0.4, -0.2) is 21.7 Å². The van der Waals surface area contributed by atoms with Gasteiger partial charge < -0.3 is 5.32 Å². The number of hydrogen-bond donors (Lipinski definition) is 1. The molecule has 1 saturated carbocycles. The summed E-state index contributed by atoms with van der Waals surface area (Å²) in [5.74, 6) is -1.01. The maximum atomic E-state index is 14.0. The summed E-state index contributed by atoms with van der Waals surface area (Å²) in [7, 11) is 0. The van der Waals surface area contributed by atoms with Gasteiger partial charge in [0.05, 0.1) is 23.2 Å². The molecule has 4 rings (SSSR count). The summed E-state index contributed by atoms with van der Waals surface area (Å²) in [6.07, 6.45) is 6.14. The van der Waals surface area contributed by atoms with Gasteiger partial charge in [0, 0.05) is 30.1 Å². The van der Waals surface area contributed by atoms with Gasteiger partial charge in [-0.05, 0) is 49.1 Å². The number of aromatic nitrogens is 2. The number of halogens is 1. The van der Waals surface area contributed by atoms with Gasteiger partial charge in [-0.2, -0.15) is 5.26 Å². The van der Waals surface area contributed by atoms with Crippen LogP contribution in [0, 0.1) is 29.5 Å². The smallest absolute Gasteiger partial charge is 0.231 e. The Balaban J connectivity index is 1.56. The predicted molar refractivity (Wildman–Crippen MR) is 98.1 cm³/mol. The van der Waals surface area contributed by atoms with Crippen LogP contribution in [0.3, 0.4) is 0 Å². The number of carbonyl (C=O) groups is 2. The summed E-state index contributed by atoms with van der Waals surface area (Å²) in [4.78, 5) is 33.7. The minimum atomic E-state index is -0.861. The van der Waals surface area contributed by atoms with E-state index in [1.165, 1.54) is 6.20 Å². The van der Waals surface area contributed by atoms with E-state index in [-0.39, 0.29) is 35.9 Å². The molecule has 2 aliphatic rings. The molecule has 0 radical (unpaired) electrons. The average molecular weight is 376 g/mol. The van der Waals surface area contributed by atoms with Crippen LogP contribution >= 0.6 is 0 Å². The highest BCUT2D eigenvalue weighted by Gasteiger charge is 2.55. The van der Waals surface area contributed by atoms with Crippen LogP contribution in [0.1, 0.15) is 40.9 Å². The number of fused-ring (bicyclic) bond motifs is 1. The topological polar surface area (TPSA) is 95.7 Å². The van der Waals surface area contributed by atoms with E-state index in [1.807, 2.05) is 19.1 Å². The van der Waals surface area contributed by atoms with Crippen molar-refractivity contribution in [3.8, 4) is 6.07 Å². The second kappa shape index (κ2) is 6.64. The highest BCUT2D eigenvalue weighted by Crippen LogP contribution is 2.54. The SMILES string of the molecule is Cc1nccc2c1C=C(C1(C(=O)NCc3ncc(C#N)cc3F)CC1)C(=O)C2. The Hall–Kier alpha value is -3.40. The Morgan fingerprint density at radius 1 is 1.39 bits per heavy atom. The Bertz CT molecular complexity index is 1080. The maximum absolute atomic E-state index is 14.0. The zero-order chi connectivity index (χ0) is 19.9. The zero-order valence-corrected chi connectivity index (χ0v) is 15.3. The molecule has 28 heavy (non-hydrogen) atoms. The standard InChI is InChI=1S/C21H17FN4O2/c1-12-15-8-16(19(27)7-14(15)2-5-24-12)21(3-4-21)20(28)26-11-18-17(22)6-13(9-23)10-25-18/h2,5-6,8,10H,3-4,7,11H2,1H3,(H,26,28). The molecule has 6 nitrogen and oxygen atoms in total. The summed E-state index contributed by atoms with van der Waals surface area (Å²) in [6, 6.07) is 4.73. The Kier molecular flexibility index (Phi) is 4.27. The number of nitrogens with zero attached hydrogens (tertiary/aromatic N) is 3. The Morgan fingerprint density at radius 2 is 2.18 bits per heavy atom. The summed E-state index contributed by atoms with van der Waals surface area (Å²) >= 11 is 0. The van der Waals surface area contributed by atoms with Crippen molar-refractivity contribution >= 4 is 17.8 Å². The maximum Gasteiger partial charge on any atom is 0.231 e. The van der Waals surface area contributed by atoms with E-state index in [0.717, 1.165) is 22.9 Å². The molecule has 1 fully saturated rings. The van der Waals surface area contributed by atoms with Gasteiger partial charge in [-0.3, -0.25) is 19.6 Å². The van der Waals surface area contributed by atoms with E-state index in [2.05, 4.69) is 15.3 Å². The molecule has 140 valence electrons. The van der Waals surface area contributed by atoms with E-state index < -0.39 is 11.2 Å². The van der Waals surface area contributed by atoms with Crippen molar-refractivity contribution in [3.63, 3.8) is 0 Å². The molecule has 0 aromatic carbocycles. The van der Waals surface area contributed by atoms with Gasteiger partial charge in [-0.25, -0.2) is 4.39 Å². The van der Waals surface area contributed by atoms with Crippen molar-refractivity contribution in [1.82, 2.24) is 15.3 Å². The van der Waals surface area contributed by atoms with Crippen LogP contribution in [0.2, 0.25) is 0 Å². The Labute approximate surface area is 161 Å². The minimum absolute atomic E-state index is 0.0532. The van der Waals surface area contributed by atoms with Crippen LogP contribution in [0.25, 0.3) is 6.08 Å². The lowest BCUT2D eigenvalue weighted by Gasteiger charge is -2.23. The van der Waals surface area contributed by atoms with Gasteiger partial charge in [0.1, 0.15) is 11.9 Å². The summed E-state index contributed by atoms with van der Waals surface area (Å²) in [5.41, 5.74) is 2.45. The van der Waals surface area contributed by atoms with Gasteiger partial charge in [0.2, 0.25) is 5.91 Å². The van der Waals surface area contributed by atoms with Gasteiger partial charge in [0.15, 0.2) is 5.78 Å². The molecule has 0 aliphatic heterocycles. The largest absolute Gasteiger partial charge is 0.350 e. The summed E-state index contributed by atoms with van der Waals surface area (Å²) in [5, 5.41) is 11.5. The third-order valence-corrected chi connectivity index (χ3v) is 5.38. The van der Waals surface area contributed by atoms with Crippen molar-refractivity contribution in [2.45, 2.75) is 32.7 Å². The fraction of sp³-hybridized carbons (Fsp3) is 0.286. The van der Waals surface area contributed by atoms with Gasteiger partial charge >= 0.3 is 0 Å². The number of amides is 1. The molecule has 0 atom stereocenters. The van der Waals surface area contributed by atoms with Crippen LogP contribution in [0.4, 0.5) is 4.39 Å². The minimum Gasteiger partial charge on any atom is -0.350 e. The number of Topliss-reactive ketones (excluding diaryl/α,β-unsaturated/α-hetero) is 1. The van der Waals surface area contributed by atoms with Crippen molar-refractivity contribution in [1.29, 1.82) is 5.26 Å². The lowest BCUT2D eigenvalue weighted by atomic mass is 9.82. The molecular formula is C21H17FN4O2. The fourth-order valence-corrected chi connectivity index (χ4v) is 3.61. The number of pyridine rings is 2. The molecular weight excluding hydrogens is 359 g/mol. The van der Waals surface area contributed by atoms with Gasteiger partial charge in [-0.1, -0.05) is 0 Å². The molecule has 0 spiro atoms. The fourth-order valence-electron chi connectivity index (χ4n) is 3.61. The lowest BCUT2D eigenvalue weighted by Crippen LogP contribution is -2.36. The zero-order valence-electron chi connectivity index (χ0n) is 15.3. The van der Waals surface area contributed by atoms with Gasteiger partial charge in [-0.15, -0.1) is 0 Å². The first-order chi connectivity index (χ1) is 13.4. The molecule has 0 saturated heterocycles. The lowest BCUT2D eigenvalue weighted by molar-refractivity contribution is -0.127. The highest BCUT2D eigenvalue weighted by molar-refractivity contribution is 6.11. The number of nitriles is 1. The number of rotatable bonds is 4. The highest BCUT2D eigenvalue weighted by atomic mass is 19.1. The second-order valence-electron chi connectivity index (χ2n) is 7.16. The molecule has 1 amide bonds. The number of carbonyl (C=O) groups excluding carboxylic acids is 2. The molecule has 2 aromatic heterocycles. The normalized spacial score (nSPS) is 16.6. The Morgan fingerprint density at radius 3 is 2.86 bits per heavy atom. The van der Waals surface area contributed by atoms with Crippen molar-refractivity contribution in [2.75, 3.05) is 0 Å². The number of nitrogens with one attached hydrogen (secondary N) is 1. The van der Waals surface area contributed by atoms with Crippen LogP contribution in [0.15, 0.2) is 30.1 Å². The van der Waals surface area contributed by atoms with Crippen LogP contribution in [-0.2, 0) is 22.6 Å². The van der Waals surface area contributed by atoms with Crippen molar-refractivity contribution in [3.05, 3.63) is 64.0 Å². The third-order valence-electron chi connectivity index (χ3n) is 5.38. The summed E-state index contributed by atoms with van der Waals surface area (Å²) in [6.45, 7) is 1.78. The van der Waals surface area contributed by atoms with Gasteiger partial charge in [0.25, 0.3) is 0 Å². The molecule has 2 aromatic rings. The van der Waals surface area contributed by atoms with Crippen molar-refractivity contribution in [2.24, 2.45) is 5.41 Å². The first-order valence-electron chi connectivity index (χ1n) is 8.97. The number of hydrogen-bond acceptors (Lipinski definition) is 5. The third kappa shape index (κ3) is 2.97. The number of aryl methyl sites for hydroxylation is 1. The average Bonchev–Trinajstić information content (AvgIpc) is 3.48. The number of ketones is 1. The van der Waals surface area contributed by atoms with Crippen LogP contribution in [0.5, 0.6) is 0 Å². The van der Waals surface area contributed by atoms with Crippen molar-refractivity contribution < 1.29 is 14.0 Å². The molecule has 0 bridgehead atoms. The molecule has 2 aliphatic carbocycles. The molecule has 0 unspecified atom stereocenters. The first-order valence-corrected chi connectivity index (χ1v) is 8.97. The van der Waals surface area contributed by atoms with E-state index >= 15 is 0 Å². The molecule has 2 heterocycles. The second-order valence-corrected chi connectivity index (χ2v) is 7.16. The molecule has 7 heteroatoms. The molecule has 1 N–H and O–H groups in total. The first kappa shape index (κ1) is 18.0. The van der Waals surface area contributed by atoms with E-state index in [4.69, 9.17) is 5.26 Å². The van der Waals surface area contributed by atoms with Crippen LogP contribution < -0.4 is 5.32 Å². The van der Waals surface area contributed by atoms with E-state index in [0.29, 0.717) is 18.4 Å². The quantitative estimate of drug-likeness (QED) is 0.884. The predicted octanol–water partition coefficient (Wildman–Crippen LogP) is 2.40. The van der Waals surface area contributed by atoms with E-state index in [9.17, 15) is 14.0 Å². The monoisotopic (exact) mass is 376 g/mol.